The van der Waals surface area contributed by atoms with Crippen LogP contribution in [-0.4, -0.2) is 37.1 Å². The maximum absolute atomic E-state index is 13.4. The normalized spacial score (nSPS) is 11.3. The third kappa shape index (κ3) is 6.93. The van der Waals surface area contributed by atoms with Gasteiger partial charge in [0.1, 0.15) is 5.25 Å². The number of carbonyl (C=O) groups excluding carboxylic acids is 2. The molecule has 0 aliphatic rings. The van der Waals surface area contributed by atoms with Gasteiger partial charge in [-0.2, -0.15) is 0 Å². The zero-order chi connectivity index (χ0) is 28.6. The zero-order valence-corrected chi connectivity index (χ0v) is 23.1. The van der Waals surface area contributed by atoms with Crippen molar-refractivity contribution < 1.29 is 29.0 Å². The Morgan fingerprint density at radius 2 is 1.48 bits per heavy atom. The van der Waals surface area contributed by atoms with Gasteiger partial charge in [-0.3, -0.25) is 9.59 Å². The first-order valence-corrected chi connectivity index (χ1v) is 13.2. The number of hydrogen-bond acceptors (Lipinski definition) is 6. The van der Waals surface area contributed by atoms with Crippen molar-refractivity contribution in [2.45, 2.75) is 10.1 Å². The molecule has 4 aromatic carbocycles. The van der Waals surface area contributed by atoms with Crippen LogP contribution in [0.3, 0.4) is 0 Å². The number of carbonyl (C=O) groups is 3. The molecule has 2 amide bonds. The molecule has 40 heavy (non-hydrogen) atoms. The Morgan fingerprint density at radius 3 is 2.12 bits per heavy atom. The van der Waals surface area contributed by atoms with Crippen LogP contribution in [0.25, 0.3) is 0 Å². The Morgan fingerprint density at radius 1 is 0.800 bits per heavy atom. The Kier molecular flexibility index (Phi) is 9.31. The maximum atomic E-state index is 13.4. The summed E-state index contributed by atoms with van der Waals surface area (Å²) in [4.78, 5) is 38.3. The van der Waals surface area contributed by atoms with Crippen LogP contribution in [0.15, 0.2) is 95.9 Å². The molecule has 0 saturated heterocycles. The van der Waals surface area contributed by atoms with E-state index in [0.29, 0.717) is 22.7 Å². The summed E-state index contributed by atoms with van der Waals surface area (Å²) in [5.74, 6) is -0.841. The predicted molar refractivity (Wildman–Crippen MR) is 156 cm³/mol. The fourth-order valence-corrected chi connectivity index (χ4v) is 4.98. The lowest BCUT2D eigenvalue weighted by atomic mass is 10.1. The molecule has 3 N–H and O–H groups in total. The van der Waals surface area contributed by atoms with E-state index in [1.54, 1.807) is 42.5 Å². The van der Waals surface area contributed by atoms with E-state index < -0.39 is 11.2 Å². The summed E-state index contributed by atoms with van der Waals surface area (Å²) in [6.07, 6.45) is 0. The number of nitrogens with one attached hydrogen (secondary N) is 2. The highest BCUT2D eigenvalue weighted by Gasteiger charge is 2.23. The van der Waals surface area contributed by atoms with E-state index in [0.717, 1.165) is 10.5 Å². The lowest BCUT2D eigenvalue weighted by molar-refractivity contribution is -0.115. The van der Waals surface area contributed by atoms with E-state index in [1.807, 2.05) is 30.3 Å². The summed E-state index contributed by atoms with van der Waals surface area (Å²) in [5.41, 5.74) is 1.95. The number of rotatable bonds is 10. The number of amides is 2. The lowest BCUT2D eigenvalue weighted by Gasteiger charge is -2.18. The molecule has 8 nitrogen and oxygen atoms in total. The molecule has 0 aliphatic heterocycles. The van der Waals surface area contributed by atoms with Gasteiger partial charge in [-0.05, 0) is 66.2 Å². The van der Waals surface area contributed by atoms with Gasteiger partial charge in [-0.15, -0.1) is 11.8 Å². The van der Waals surface area contributed by atoms with Crippen LogP contribution in [0.1, 0.15) is 31.5 Å². The van der Waals surface area contributed by atoms with Crippen molar-refractivity contribution in [1.29, 1.82) is 0 Å². The van der Waals surface area contributed by atoms with E-state index in [9.17, 15) is 19.5 Å². The third-order valence-corrected chi connectivity index (χ3v) is 7.42. The van der Waals surface area contributed by atoms with Gasteiger partial charge >= 0.3 is 5.97 Å². The topological polar surface area (TPSA) is 114 Å². The first-order chi connectivity index (χ1) is 19.3. The molecule has 0 radical (unpaired) electrons. The largest absolute Gasteiger partial charge is 0.493 e. The highest BCUT2D eigenvalue weighted by atomic mass is 35.5. The number of halogens is 1. The minimum Gasteiger partial charge on any atom is -0.493 e. The summed E-state index contributed by atoms with van der Waals surface area (Å²) in [6, 6.07) is 25.3. The maximum Gasteiger partial charge on any atom is 0.335 e. The minimum absolute atomic E-state index is 0.00864. The van der Waals surface area contributed by atoms with E-state index in [-0.39, 0.29) is 28.1 Å². The molecule has 0 aromatic heterocycles. The number of thioether (sulfide) groups is 1. The third-order valence-electron chi connectivity index (χ3n) is 5.82. The second-order valence-electron chi connectivity index (χ2n) is 8.45. The van der Waals surface area contributed by atoms with Crippen molar-refractivity contribution in [3.05, 3.63) is 113 Å². The highest BCUT2D eigenvalue weighted by molar-refractivity contribution is 8.00. The van der Waals surface area contributed by atoms with Crippen LogP contribution in [0.5, 0.6) is 11.5 Å². The van der Waals surface area contributed by atoms with Gasteiger partial charge in [0.25, 0.3) is 5.91 Å². The summed E-state index contributed by atoms with van der Waals surface area (Å²) in [6.45, 7) is 0. The quantitative estimate of drug-likeness (QED) is 0.178. The van der Waals surface area contributed by atoms with Gasteiger partial charge in [-0.25, -0.2) is 4.79 Å². The monoisotopic (exact) mass is 576 g/mol. The molecular formula is C30H25ClN2O6S. The second-order valence-corrected chi connectivity index (χ2v) is 10.0. The first-order valence-electron chi connectivity index (χ1n) is 12.0. The number of ether oxygens (including phenoxy) is 2. The standard InChI is InChI=1S/C30H25ClN2O6S/c1-38-25-15-9-19(17-26(25)39-2)28(34)32-21-10-12-22(13-11-21)40-27(18-6-4-3-5-7-18)29(35)33-24-16-20(30(36)37)8-14-23(24)31/h3-17,27H,1-2H3,(H,32,34)(H,33,35)(H,36,37). The van der Waals surface area contributed by atoms with Gasteiger partial charge in [0.2, 0.25) is 5.91 Å². The summed E-state index contributed by atoms with van der Waals surface area (Å²) in [5, 5.41) is 14.5. The van der Waals surface area contributed by atoms with Crippen molar-refractivity contribution in [2.24, 2.45) is 0 Å². The molecule has 1 atom stereocenters. The fourth-order valence-electron chi connectivity index (χ4n) is 3.79. The van der Waals surface area contributed by atoms with Crippen molar-refractivity contribution >= 4 is 52.5 Å². The number of hydrogen-bond donors (Lipinski definition) is 3. The van der Waals surface area contributed by atoms with Gasteiger partial charge < -0.3 is 25.2 Å². The summed E-state index contributed by atoms with van der Waals surface area (Å²) < 4.78 is 10.5. The Balaban J connectivity index is 1.51. The van der Waals surface area contributed by atoms with E-state index in [2.05, 4.69) is 10.6 Å². The van der Waals surface area contributed by atoms with E-state index >= 15 is 0 Å². The molecule has 204 valence electrons. The minimum atomic E-state index is -1.13. The number of aromatic carboxylic acids is 1. The molecule has 0 aliphatic carbocycles. The first kappa shape index (κ1) is 28.5. The summed E-state index contributed by atoms with van der Waals surface area (Å²) in [7, 11) is 3.02. The van der Waals surface area contributed by atoms with E-state index in [4.69, 9.17) is 21.1 Å². The average Bonchev–Trinajstić information content (AvgIpc) is 2.97. The van der Waals surface area contributed by atoms with Crippen LogP contribution in [0.4, 0.5) is 11.4 Å². The number of anilines is 2. The molecule has 10 heteroatoms. The van der Waals surface area contributed by atoms with Crippen LogP contribution in [0, 0.1) is 0 Å². The molecule has 1 unspecified atom stereocenters. The smallest absolute Gasteiger partial charge is 0.335 e. The average molecular weight is 577 g/mol. The number of benzene rings is 4. The number of carboxylic acid groups (broad SMARTS) is 1. The van der Waals surface area contributed by atoms with E-state index in [1.165, 1.54) is 44.2 Å². The second kappa shape index (κ2) is 13.1. The zero-order valence-electron chi connectivity index (χ0n) is 21.5. The molecule has 0 heterocycles. The van der Waals surface area contributed by atoms with Crippen molar-refractivity contribution in [2.75, 3.05) is 24.9 Å². The molecule has 0 bridgehead atoms. The predicted octanol–water partition coefficient (Wildman–Crippen LogP) is 6.78. The van der Waals surface area contributed by atoms with Gasteiger partial charge in [0.15, 0.2) is 11.5 Å². The SMILES string of the molecule is COc1ccc(C(=O)Nc2ccc(SC(C(=O)Nc3cc(C(=O)O)ccc3Cl)c3ccccc3)cc2)cc1OC. The van der Waals surface area contributed by atoms with Crippen LogP contribution in [0.2, 0.25) is 5.02 Å². The van der Waals surface area contributed by atoms with Crippen LogP contribution in [-0.2, 0) is 4.79 Å². The fraction of sp³-hybridized carbons (Fsp3) is 0.100. The van der Waals surface area contributed by atoms with Crippen molar-refractivity contribution in [3.8, 4) is 11.5 Å². The highest BCUT2D eigenvalue weighted by Crippen LogP contribution is 2.37. The molecule has 4 rings (SSSR count). The molecular weight excluding hydrogens is 552 g/mol. The Labute approximate surface area is 240 Å². The lowest BCUT2D eigenvalue weighted by Crippen LogP contribution is -2.19. The molecule has 0 fully saturated rings. The van der Waals surface area contributed by atoms with Crippen molar-refractivity contribution in [1.82, 2.24) is 0 Å². The number of methoxy groups -OCH3 is 2. The Bertz CT molecular complexity index is 1530. The molecule has 0 saturated carbocycles. The van der Waals surface area contributed by atoms with Gasteiger partial charge in [-0.1, -0.05) is 41.9 Å². The van der Waals surface area contributed by atoms with Crippen LogP contribution >= 0.6 is 23.4 Å². The van der Waals surface area contributed by atoms with Gasteiger partial charge in [0, 0.05) is 16.1 Å². The van der Waals surface area contributed by atoms with Crippen molar-refractivity contribution in [3.63, 3.8) is 0 Å². The number of carboxylic acids is 1. The Hall–Kier alpha value is -4.47. The molecule has 4 aromatic rings. The summed E-state index contributed by atoms with van der Waals surface area (Å²) >= 11 is 7.53. The van der Waals surface area contributed by atoms with Gasteiger partial charge in [0.05, 0.1) is 30.5 Å². The van der Waals surface area contributed by atoms with Crippen LogP contribution < -0.4 is 20.1 Å². The molecule has 0 spiro atoms.